The van der Waals surface area contributed by atoms with Gasteiger partial charge in [0, 0.05) is 17.3 Å². The van der Waals surface area contributed by atoms with Crippen LogP contribution in [0.1, 0.15) is 47.5 Å². The van der Waals surface area contributed by atoms with E-state index < -0.39 is 22.8 Å². The summed E-state index contributed by atoms with van der Waals surface area (Å²) in [5.74, 6) is -1.22. The van der Waals surface area contributed by atoms with E-state index in [9.17, 15) is 19.5 Å². The molecule has 0 aromatic heterocycles. The van der Waals surface area contributed by atoms with Gasteiger partial charge in [-0.1, -0.05) is 34.6 Å². The molecule has 0 radical (unpaired) electrons. The van der Waals surface area contributed by atoms with Crippen molar-refractivity contribution in [3.05, 3.63) is 0 Å². The number of ether oxygens (including phenoxy) is 4. The molecule has 0 aliphatic heterocycles. The van der Waals surface area contributed by atoms with Crippen molar-refractivity contribution in [2.24, 2.45) is 28.6 Å². The van der Waals surface area contributed by atoms with Crippen LogP contribution in [-0.2, 0) is 33.3 Å². The van der Waals surface area contributed by atoms with Crippen molar-refractivity contribution in [1.29, 1.82) is 0 Å². The molecule has 0 aromatic carbocycles. The fourth-order valence-corrected chi connectivity index (χ4v) is 3.13. The first-order chi connectivity index (χ1) is 16.5. The fraction of sp³-hybridized carbons (Fsp3) is 0.875. The highest BCUT2D eigenvalue weighted by atomic mass is 32.1. The molecule has 0 aromatic rings. The van der Waals surface area contributed by atoms with Crippen LogP contribution in [0.3, 0.4) is 0 Å². The number of aliphatic hydroxyl groups excluding tert-OH is 1. The Balaban J connectivity index is 5.41. The number of rotatable bonds is 19. The van der Waals surface area contributed by atoms with Gasteiger partial charge in [-0.05, 0) is 12.8 Å². The molecular weight excluding hydrogens is 512 g/mol. The number of hydrogen-bond donors (Lipinski definition) is 4. The van der Waals surface area contributed by atoms with Gasteiger partial charge in [-0.25, -0.2) is 0 Å². The van der Waals surface area contributed by atoms with E-state index in [0.29, 0.717) is 30.1 Å². The molecule has 4 atom stereocenters. The Labute approximate surface area is 226 Å². The third kappa shape index (κ3) is 12.0. The van der Waals surface area contributed by atoms with E-state index in [0.717, 1.165) is 0 Å². The molecule has 0 fully saturated rings. The minimum Gasteiger partial charge on any atom is -0.465 e. The molecule has 0 saturated carbocycles. The normalized spacial score (nSPS) is 17.4. The van der Waals surface area contributed by atoms with Gasteiger partial charge in [-0.2, -0.15) is 37.9 Å². The molecule has 4 unspecified atom stereocenters. The van der Waals surface area contributed by atoms with Crippen LogP contribution in [0.15, 0.2) is 0 Å². The Morgan fingerprint density at radius 3 is 1.26 bits per heavy atom. The maximum absolute atomic E-state index is 12.3. The van der Waals surface area contributed by atoms with Crippen LogP contribution >= 0.6 is 37.9 Å². The second-order valence-corrected chi connectivity index (χ2v) is 10.5. The molecule has 35 heavy (non-hydrogen) atoms. The molecule has 206 valence electrons. The van der Waals surface area contributed by atoms with E-state index >= 15 is 0 Å². The van der Waals surface area contributed by atoms with Crippen LogP contribution in [0, 0.1) is 28.6 Å². The summed E-state index contributed by atoms with van der Waals surface area (Å²) in [6.07, 6.45) is 1.01. The SMILES string of the molecule is CCC(CO)(COCC(CC)(COC(=O)C(C)CS)COC(=O)C(C)CS)COC(=O)C(C)CS. The number of carbonyl (C=O) groups excluding carboxylic acids is 3. The summed E-state index contributed by atoms with van der Waals surface area (Å²) in [5, 5.41) is 10.1. The first-order valence-electron chi connectivity index (χ1n) is 12.0. The number of carbonyl (C=O) groups is 3. The predicted octanol–water partition coefficient (Wildman–Crippen LogP) is 3.12. The molecule has 0 amide bonds. The molecule has 0 aliphatic rings. The van der Waals surface area contributed by atoms with Crippen molar-refractivity contribution in [3.8, 4) is 0 Å². The average Bonchev–Trinajstić information content (AvgIpc) is 2.89. The Bertz CT molecular complexity index is 616. The van der Waals surface area contributed by atoms with Gasteiger partial charge in [-0.3, -0.25) is 14.4 Å². The van der Waals surface area contributed by atoms with Gasteiger partial charge >= 0.3 is 17.9 Å². The Kier molecular flexibility index (Phi) is 17.5. The standard InChI is InChI=1S/C24H44O8S3/c1-6-23(11-25,14-30-20(26)17(3)8-33)12-29-13-24(7-2,15-31-21(27)18(4)9-34)16-32-22(28)19(5)10-35/h17-19,25,33-35H,6-16H2,1-5H3. The number of aliphatic hydroxyl groups is 1. The van der Waals surface area contributed by atoms with Crippen LogP contribution in [0.4, 0.5) is 0 Å². The average molecular weight is 557 g/mol. The highest BCUT2D eigenvalue weighted by molar-refractivity contribution is 7.80. The van der Waals surface area contributed by atoms with Gasteiger partial charge in [0.05, 0.1) is 48.4 Å². The first kappa shape index (κ1) is 34.4. The number of hydrogen-bond acceptors (Lipinski definition) is 11. The molecule has 0 aliphatic carbocycles. The lowest BCUT2D eigenvalue weighted by atomic mass is 9.86. The van der Waals surface area contributed by atoms with Crippen molar-refractivity contribution in [1.82, 2.24) is 0 Å². The summed E-state index contributed by atoms with van der Waals surface area (Å²) in [5.41, 5.74) is -1.58. The topological polar surface area (TPSA) is 108 Å². The minimum absolute atomic E-state index is 0.00103. The monoisotopic (exact) mass is 556 g/mol. The summed E-state index contributed by atoms with van der Waals surface area (Å²) in [4.78, 5) is 36.6. The summed E-state index contributed by atoms with van der Waals surface area (Å²) < 4.78 is 22.5. The smallest absolute Gasteiger partial charge is 0.309 e. The van der Waals surface area contributed by atoms with Crippen LogP contribution in [0.5, 0.6) is 0 Å². The third-order valence-corrected chi connectivity index (χ3v) is 7.89. The molecule has 0 saturated heterocycles. The quantitative estimate of drug-likeness (QED) is 0.109. The van der Waals surface area contributed by atoms with Crippen LogP contribution in [0.2, 0.25) is 0 Å². The molecule has 1 N–H and O–H groups in total. The Morgan fingerprint density at radius 2 is 0.971 bits per heavy atom. The highest BCUT2D eigenvalue weighted by Crippen LogP contribution is 2.28. The summed E-state index contributed by atoms with van der Waals surface area (Å²) >= 11 is 12.4. The van der Waals surface area contributed by atoms with E-state index in [2.05, 4.69) is 37.9 Å². The lowest BCUT2D eigenvalue weighted by Crippen LogP contribution is -2.42. The minimum atomic E-state index is -0.792. The second kappa shape index (κ2) is 17.8. The first-order valence-corrected chi connectivity index (χ1v) is 13.9. The molecule has 0 heterocycles. The maximum Gasteiger partial charge on any atom is 0.309 e. The highest BCUT2D eigenvalue weighted by Gasteiger charge is 2.36. The van der Waals surface area contributed by atoms with Gasteiger partial charge in [0.2, 0.25) is 0 Å². The molecule has 0 spiro atoms. The van der Waals surface area contributed by atoms with E-state index in [1.165, 1.54) is 0 Å². The second-order valence-electron chi connectivity index (χ2n) is 9.43. The zero-order chi connectivity index (χ0) is 27.1. The summed E-state index contributed by atoms with van der Waals surface area (Å²) in [6, 6.07) is 0. The van der Waals surface area contributed by atoms with Crippen LogP contribution in [0.25, 0.3) is 0 Å². The summed E-state index contributed by atoms with van der Waals surface area (Å²) in [6.45, 7) is 8.90. The number of thiol groups is 3. The lowest BCUT2D eigenvalue weighted by molar-refractivity contribution is -0.164. The molecular formula is C24H44O8S3. The van der Waals surface area contributed by atoms with Gasteiger partial charge in [0.25, 0.3) is 0 Å². The van der Waals surface area contributed by atoms with Crippen LogP contribution in [-0.4, -0.2) is 79.9 Å². The van der Waals surface area contributed by atoms with E-state index in [1.807, 2.05) is 13.8 Å². The summed E-state index contributed by atoms with van der Waals surface area (Å²) in [7, 11) is 0. The molecule has 11 heteroatoms. The molecule has 0 rings (SSSR count). The maximum atomic E-state index is 12.3. The van der Waals surface area contributed by atoms with Gasteiger partial charge < -0.3 is 24.1 Å². The molecule has 8 nitrogen and oxygen atoms in total. The number of esters is 3. The van der Waals surface area contributed by atoms with Crippen molar-refractivity contribution < 1.29 is 38.4 Å². The van der Waals surface area contributed by atoms with E-state index in [4.69, 9.17) is 18.9 Å². The Hall–Kier alpha value is -0.620. The fourth-order valence-electron chi connectivity index (χ4n) is 2.69. The molecule has 0 bridgehead atoms. The van der Waals surface area contributed by atoms with Crippen molar-refractivity contribution in [2.75, 3.05) is 56.9 Å². The van der Waals surface area contributed by atoms with Crippen molar-refractivity contribution in [2.45, 2.75) is 47.5 Å². The van der Waals surface area contributed by atoms with Crippen molar-refractivity contribution >= 4 is 55.8 Å². The van der Waals surface area contributed by atoms with Crippen LogP contribution < -0.4 is 0 Å². The predicted molar refractivity (Wildman–Crippen MR) is 145 cm³/mol. The Morgan fingerprint density at radius 1 is 0.657 bits per heavy atom. The van der Waals surface area contributed by atoms with Gasteiger partial charge in [-0.15, -0.1) is 0 Å². The van der Waals surface area contributed by atoms with E-state index in [-0.39, 0.29) is 63.4 Å². The lowest BCUT2D eigenvalue weighted by Gasteiger charge is -2.35. The van der Waals surface area contributed by atoms with E-state index in [1.54, 1.807) is 20.8 Å². The third-order valence-electron chi connectivity index (χ3n) is 6.24. The largest absolute Gasteiger partial charge is 0.465 e. The van der Waals surface area contributed by atoms with Gasteiger partial charge in [0.15, 0.2) is 0 Å². The zero-order valence-corrected chi connectivity index (χ0v) is 24.3. The van der Waals surface area contributed by atoms with Crippen molar-refractivity contribution in [3.63, 3.8) is 0 Å². The zero-order valence-electron chi connectivity index (χ0n) is 21.7. The van der Waals surface area contributed by atoms with Gasteiger partial charge in [0.1, 0.15) is 19.8 Å².